The van der Waals surface area contributed by atoms with Gasteiger partial charge in [0.05, 0.1) is 28.7 Å². The van der Waals surface area contributed by atoms with Crippen molar-refractivity contribution in [3.63, 3.8) is 0 Å². The van der Waals surface area contributed by atoms with Gasteiger partial charge < -0.3 is 14.8 Å². The van der Waals surface area contributed by atoms with E-state index in [1.807, 2.05) is 19.9 Å². The number of carbonyl (C=O) groups excluding carboxylic acids is 1. The van der Waals surface area contributed by atoms with Gasteiger partial charge in [0, 0.05) is 12.2 Å². The molecule has 2 N–H and O–H groups in total. The first-order chi connectivity index (χ1) is 15.8. The molecule has 3 aromatic carbocycles. The molecule has 0 aliphatic rings. The van der Waals surface area contributed by atoms with E-state index in [0.29, 0.717) is 24.7 Å². The van der Waals surface area contributed by atoms with Gasteiger partial charge in [-0.2, -0.15) is 0 Å². The van der Waals surface area contributed by atoms with Gasteiger partial charge in [-0.3, -0.25) is 9.52 Å². The van der Waals surface area contributed by atoms with E-state index in [1.165, 1.54) is 30.3 Å². The molecule has 0 unspecified atom stereocenters. The fourth-order valence-corrected chi connectivity index (χ4v) is 4.33. The van der Waals surface area contributed by atoms with Crippen LogP contribution < -0.4 is 19.5 Å². The van der Waals surface area contributed by atoms with E-state index in [1.54, 1.807) is 30.3 Å². The number of amides is 1. The monoisotopic (exact) mass is 488 g/mol. The summed E-state index contributed by atoms with van der Waals surface area (Å²) in [5, 5.41) is 3.01. The van der Waals surface area contributed by atoms with Crippen molar-refractivity contribution in [1.29, 1.82) is 0 Å². The Morgan fingerprint density at radius 2 is 1.61 bits per heavy atom. The second-order valence-corrected chi connectivity index (χ2v) is 9.03. The Labute approximate surface area is 198 Å². The number of ether oxygens (including phenoxy) is 2. The molecule has 9 heteroatoms. The largest absolute Gasteiger partial charge is 0.490 e. The summed E-state index contributed by atoms with van der Waals surface area (Å²) in [7, 11) is -3.79. The van der Waals surface area contributed by atoms with E-state index in [-0.39, 0.29) is 27.7 Å². The molecule has 0 bridgehead atoms. The maximum Gasteiger partial charge on any atom is 0.261 e. The second-order valence-electron chi connectivity index (χ2n) is 6.94. The number of halogens is 1. The van der Waals surface area contributed by atoms with Gasteiger partial charge in [0.1, 0.15) is 0 Å². The lowest BCUT2D eigenvalue weighted by Crippen LogP contribution is -2.23. The van der Waals surface area contributed by atoms with E-state index in [2.05, 4.69) is 10.0 Å². The highest BCUT2D eigenvalue weighted by Crippen LogP contribution is 2.29. The summed E-state index contributed by atoms with van der Waals surface area (Å²) in [5.41, 5.74) is 1.20. The number of rotatable bonds is 10. The molecule has 0 radical (unpaired) electrons. The molecule has 0 heterocycles. The molecule has 33 heavy (non-hydrogen) atoms. The third-order valence-corrected chi connectivity index (χ3v) is 6.30. The van der Waals surface area contributed by atoms with Crippen molar-refractivity contribution >= 4 is 33.2 Å². The second kappa shape index (κ2) is 11.1. The Morgan fingerprint density at radius 3 is 2.30 bits per heavy atom. The van der Waals surface area contributed by atoms with Crippen LogP contribution in [0.2, 0.25) is 5.02 Å². The molecule has 0 fully saturated rings. The molecular weight excluding hydrogens is 464 g/mol. The van der Waals surface area contributed by atoms with Crippen molar-refractivity contribution in [1.82, 2.24) is 5.32 Å². The Balaban J connectivity index is 1.73. The Kier molecular flexibility index (Phi) is 8.19. The molecule has 7 nitrogen and oxygen atoms in total. The number of hydrogen-bond acceptors (Lipinski definition) is 5. The molecule has 3 aromatic rings. The Bertz CT molecular complexity index is 1220. The van der Waals surface area contributed by atoms with Gasteiger partial charge in [-0.05, 0) is 61.9 Å². The Morgan fingerprint density at radius 1 is 0.909 bits per heavy atom. The molecule has 0 saturated carbocycles. The van der Waals surface area contributed by atoms with Crippen LogP contribution in [-0.4, -0.2) is 27.5 Å². The van der Waals surface area contributed by atoms with Crippen LogP contribution in [0.4, 0.5) is 5.69 Å². The van der Waals surface area contributed by atoms with Gasteiger partial charge >= 0.3 is 0 Å². The fourth-order valence-electron chi connectivity index (χ4n) is 3.06. The summed E-state index contributed by atoms with van der Waals surface area (Å²) in [5.74, 6) is 0.796. The molecule has 1 amide bonds. The van der Waals surface area contributed by atoms with Crippen molar-refractivity contribution in [2.45, 2.75) is 25.3 Å². The van der Waals surface area contributed by atoms with Crippen molar-refractivity contribution in [2.24, 2.45) is 0 Å². The average molecular weight is 489 g/mol. The summed E-state index contributed by atoms with van der Waals surface area (Å²) in [4.78, 5) is 12.9. The topological polar surface area (TPSA) is 93.7 Å². The van der Waals surface area contributed by atoms with E-state index >= 15 is 0 Å². The first-order valence-electron chi connectivity index (χ1n) is 10.4. The lowest BCUT2D eigenvalue weighted by molar-refractivity contribution is 0.0951. The summed E-state index contributed by atoms with van der Waals surface area (Å²) in [6, 6.07) is 17.8. The maximum atomic E-state index is 12.8. The molecule has 174 valence electrons. The van der Waals surface area contributed by atoms with Gasteiger partial charge in [-0.15, -0.1) is 0 Å². The highest BCUT2D eigenvalue weighted by molar-refractivity contribution is 7.92. The summed E-state index contributed by atoms with van der Waals surface area (Å²) in [6.07, 6.45) is 0. The molecule has 0 aromatic heterocycles. The summed E-state index contributed by atoms with van der Waals surface area (Å²) >= 11 is 6.21. The van der Waals surface area contributed by atoms with E-state index in [0.717, 1.165) is 5.56 Å². The van der Waals surface area contributed by atoms with E-state index in [9.17, 15) is 13.2 Å². The zero-order valence-corrected chi connectivity index (χ0v) is 19.9. The van der Waals surface area contributed by atoms with Crippen molar-refractivity contribution in [3.05, 3.63) is 82.9 Å². The third kappa shape index (κ3) is 6.40. The van der Waals surface area contributed by atoms with Crippen LogP contribution in [0.25, 0.3) is 0 Å². The normalized spacial score (nSPS) is 11.0. The summed E-state index contributed by atoms with van der Waals surface area (Å²) in [6.45, 7) is 4.99. The molecule has 3 rings (SSSR count). The minimum Gasteiger partial charge on any atom is -0.490 e. The minimum atomic E-state index is -3.79. The van der Waals surface area contributed by atoms with Gasteiger partial charge in [0.25, 0.3) is 15.9 Å². The number of carbonyl (C=O) groups is 1. The standard InChI is InChI=1S/C24H25ClN2O5S/c1-3-31-22-13-10-17(14-23(22)32-4-2)16-26-24(28)20-15-18(11-12-21(20)25)27-33(29,30)19-8-6-5-7-9-19/h5-15,27H,3-4,16H2,1-2H3,(H,26,28). The zero-order valence-electron chi connectivity index (χ0n) is 18.3. The minimum absolute atomic E-state index is 0.117. The molecular formula is C24H25ClN2O5S. The lowest BCUT2D eigenvalue weighted by atomic mass is 10.1. The first kappa shape index (κ1) is 24.4. The number of sulfonamides is 1. The van der Waals surface area contributed by atoms with E-state index < -0.39 is 15.9 Å². The summed E-state index contributed by atoms with van der Waals surface area (Å²) < 4.78 is 38.8. The SMILES string of the molecule is CCOc1ccc(CNC(=O)c2cc(NS(=O)(=O)c3ccccc3)ccc2Cl)cc1OCC. The number of benzene rings is 3. The van der Waals surface area contributed by atoms with Crippen molar-refractivity contribution in [2.75, 3.05) is 17.9 Å². The van der Waals surface area contributed by atoms with Crippen LogP contribution in [0, 0.1) is 0 Å². The molecule has 0 saturated heterocycles. The quantitative estimate of drug-likeness (QED) is 0.424. The predicted molar refractivity (Wildman–Crippen MR) is 129 cm³/mol. The third-order valence-electron chi connectivity index (χ3n) is 4.58. The zero-order chi connectivity index (χ0) is 23.8. The van der Waals surface area contributed by atoms with Crippen molar-refractivity contribution in [3.8, 4) is 11.5 Å². The molecule has 0 aliphatic carbocycles. The van der Waals surface area contributed by atoms with Crippen molar-refractivity contribution < 1.29 is 22.7 Å². The van der Waals surface area contributed by atoms with Crippen LogP contribution in [0.5, 0.6) is 11.5 Å². The van der Waals surface area contributed by atoms with Crippen LogP contribution in [-0.2, 0) is 16.6 Å². The van der Waals surface area contributed by atoms with Gasteiger partial charge in [0.2, 0.25) is 0 Å². The van der Waals surface area contributed by atoms with Gasteiger partial charge in [-0.25, -0.2) is 8.42 Å². The smallest absolute Gasteiger partial charge is 0.261 e. The van der Waals surface area contributed by atoms with Crippen LogP contribution >= 0.6 is 11.6 Å². The number of hydrogen-bond donors (Lipinski definition) is 2. The molecule has 0 spiro atoms. The fraction of sp³-hybridized carbons (Fsp3) is 0.208. The lowest BCUT2D eigenvalue weighted by Gasteiger charge is -2.14. The number of nitrogens with one attached hydrogen (secondary N) is 2. The molecule has 0 aliphatic heterocycles. The number of anilines is 1. The van der Waals surface area contributed by atoms with Crippen LogP contribution in [0.3, 0.4) is 0 Å². The maximum absolute atomic E-state index is 12.8. The predicted octanol–water partition coefficient (Wildman–Crippen LogP) is 4.87. The van der Waals surface area contributed by atoms with Crippen LogP contribution in [0.15, 0.2) is 71.6 Å². The average Bonchev–Trinajstić information content (AvgIpc) is 2.81. The first-order valence-corrected chi connectivity index (χ1v) is 12.2. The van der Waals surface area contributed by atoms with Gasteiger partial charge in [0.15, 0.2) is 11.5 Å². The van der Waals surface area contributed by atoms with E-state index in [4.69, 9.17) is 21.1 Å². The highest BCUT2D eigenvalue weighted by Gasteiger charge is 2.17. The Hall–Kier alpha value is -3.23. The highest BCUT2D eigenvalue weighted by atomic mass is 35.5. The van der Waals surface area contributed by atoms with Crippen LogP contribution in [0.1, 0.15) is 29.8 Å². The molecule has 0 atom stereocenters. The van der Waals surface area contributed by atoms with Gasteiger partial charge in [-0.1, -0.05) is 35.9 Å².